The average Bonchev–Trinajstić information content (AvgIpc) is 2.51. The first-order valence-corrected chi connectivity index (χ1v) is 6.91. The van der Waals surface area contributed by atoms with E-state index in [2.05, 4.69) is 9.97 Å². The van der Waals surface area contributed by atoms with E-state index in [1.807, 2.05) is 12.1 Å². The van der Waals surface area contributed by atoms with Crippen LogP contribution in [0.4, 0.5) is 5.82 Å². The molecule has 2 aromatic rings. The molecule has 1 aliphatic heterocycles. The highest BCUT2D eigenvalue weighted by atomic mass is 16.2. The summed E-state index contributed by atoms with van der Waals surface area (Å²) in [4.78, 5) is 31.9. The lowest BCUT2D eigenvalue weighted by Gasteiger charge is -2.24. The minimum absolute atomic E-state index is 0.0553. The molecule has 1 aliphatic rings. The van der Waals surface area contributed by atoms with E-state index in [-0.39, 0.29) is 17.0 Å². The molecule has 110 valence electrons. The van der Waals surface area contributed by atoms with Crippen molar-refractivity contribution in [2.24, 2.45) is 0 Å². The first kappa shape index (κ1) is 14.0. The summed E-state index contributed by atoms with van der Waals surface area (Å²) in [7, 11) is 1.71. The zero-order chi connectivity index (χ0) is 15.9. The number of nitriles is 1. The van der Waals surface area contributed by atoms with Crippen LogP contribution in [0, 0.1) is 18.3 Å². The Hall–Kier alpha value is -2.94. The van der Waals surface area contributed by atoms with Gasteiger partial charge in [-0.1, -0.05) is 0 Å². The summed E-state index contributed by atoms with van der Waals surface area (Å²) < 4.78 is 0. The Kier molecular flexibility index (Phi) is 3.26. The fourth-order valence-electron chi connectivity index (χ4n) is 2.67. The second-order valence-corrected chi connectivity index (χ2v) is 5.32. The number of aromatic nitrogens is 2. The van der Waals surface area contributed by atoms with E-state index >= 15 is 0 Å². The van der Waals surface area contributed by atoms with Crippen LogP contribution in [0.2, 0.25) is 0 Å². The highest BCUT2D eigenvalue weighted by molar-refractivity contribution is 5.95. The smallest absolute Gasteiger partial charge is 0.266 e. The third-order valence-electron chi connectivity index (χ3n) is 3.91. The Balaban J connectivity index is 2.13. The van der Waals surface area contributed by atoms with E-state index in [4.69, 9.17) is 5.26 Å². The van der Waals surface area contributed by atoms with E-state index in [1.165, 1.54) is 0 Å². The van der Waals surface area contributed by atoms with Gasteiger partial charge in [-0.05, 0) is 31.0 Å². The fourth-order valence-corrected chi connectivity index (χ4v) is 2.67. The topological polar surface area (TPSA) is 89.8 Å². The molecule has 0 radical (unpaired) electrons. The SMILES string of the molecule is Cc1[nH]c(=O)c(C#N)cc1-c1cnc2c(c1)CCC(=O)N2C. The maximum absolute atomic E-state index is 11.7. The summed E-state index contributed by atoms with van der Waals surface area (Å²) in [5.74, 6) is 0.724. The Labute approximate surface area is 127 Å². The average molecular weight is 294 g/mol. The Morgan fingerprint density at radius 2 is 2.09 bits per heavy atom. The molecule has 1 N–H and O–H groups in total. The number of nitrogens with zero attached hydrogens (tertiary/aromatic N) is 3. The summed E-state index contributed by atoms with van der Waals surface area (Å²) in [6, 6.07) is 5.43. The third kappa shape index (κ3) is 2.17. The molecule has 0 saturated carbocycles. The second-order valence-electron chi connectivity index (χ2n) is 5.32. The van der Waals surface area contributed by atoms with E-state index < -0.39 is 0 Å². The van der Waals surface area contributed by atoms with Crippen LogP contribution in [0.5, 0.6) is 0 Å². The number of rotatable bonds is 1. The summed E-state index contributed by atoms with van der Waals surface area (Å²) in [5.41, 5.74) is 2.96. The minimum atomic E-state index is -0.389. The van der Waals surface area contributed by atoms with Crippen molar-refractivity contribution in [1.82, 2.24) is 9.97 Å². The van der Waals surface area contributed by atoms with Gasteiger partial charge in [-0.3, -0.25) is 14.5 Å². The molecular formula is C16H14N4O2. The number of H-pyrrole nitrogens is 1. The molecule has 0 aliphatic carbocycles. The van der Waals surface area contributed by atoms with Gasteiger partial charge in [0.1, 0.15) is 17.5 Å². The number of nitrogens with one attached hydrogen (secondary N) is 1. The van der Waals surface area contributed by atoms with E-state index in [9.17, 15) is 9.59 Å². The number of amides is 1. The molecule has 0 saturated heterocycles. The van der Waals surface area contributed by atoms with Gasteiger partial charge >= 0.3 is 0 Å². The van der Waals surface area contributed by atoms with Gasteiger partial charge in [0.25, 0.3) is 5.56 Å². The van der Waals surface area contributed by atoms with Crippen molar-refractivity contribution in [1.29, 1.82) is 5.26 Å². The van der Waals surface area contributed by atoms with E-state index in [0.717, 1.165) is 16.7 Å². The number of carbonyl (C=O) groups is 1. The van der Waals surface area contributed by atoms with Gasteiger partial charge in [0.15, 0.2) is 0 Å². The zero-order valence-electron chi connectivity index (χ0n) is 12.3. The quantitative estimate of drug-likeness (QED) is 0.863. The van der Waals surface area contributed by atoms with Crippen LogP contribution in [0.3, 0.4) is 0 Å². The normalized spacial score (nSPS) is 13.7. The predicted molar refractivity (Wildman–Crippen MR) is 81.5 cm³/mol. The number of hydrogen-bond donors (Lipinski definition) is 1. The first-order chi connectivity index (χ1) is 10.5. The van der Waals surface area contributed by atoms with Crippen LogP contribution < -0.4 is 10.5 Å². The number of aromatic amines is 1. The fraction of sp³-hybridized carbons (Fsp3) is 0.250. The van der Waals surface area contributed by atoms with Gasteiger partial charge < -0.3 is 4.98 Å². The Morgan fingerprint density at radius 3 is 2.82 bits per heavy atom. The second kappa shape index (κ2) is 5.11. The maximum atomic E-state index is 11.7. The molecule has 3 rings (SSSR count). The number of carbonyl (C=O) groups excluding carboxylic acids is 1. The van der Waals surface area contributed by atoms with Crippen LogP contribution in [0.1, 0.15) is 23.2 Å². The van der Waals surface area contributed by atoms with Crippen molar-refractivity contribution in [3.05, 3.63) is 45.5 Å². The minimum Gasteiger partial charge on any atom is -0.325 e. The summed E-state index contributed by atoms with van der Waals surface area (Å²) in [6.07, 6.45) is 2.77. The van der Waals surface area contributed by atoms with Crippen molar-refractivity contribution in [2.45, 2.75) is 19.8 Å². The molecular weight excluding hydrogens is 280 g/mol. The lowest BCUT2D eigenvalue weighted by molar-refractivity contribution is -0.118. The molecule has 0 unspecified atom stereocenters. The van der Waals surface area contributed by atoms with Gasteiger partial charge in [0.05, 0.1) is 0 Å². The van der Waals surface area contributed by atoms with Gasteiger partial charge in [0.2, 0.25) is 5.91 Å². The third-order valence-corrected chi connectivity index (χ3v) is 3.91. The zero-order valence-corrected chi connectivity index (χ0v) is 12.3. The largest absolute Gasteiger partial charge is 0.325 e. The molecule has 0 fully saturated rings. The van der Waals surface area contributed by atoms with Gasteiger partial charge in [-0.25, -0.2) is 4.98 Å². The van der Waals surface area contributed by atoms with Crippen molar-refractivity contribution < 1.29 is 4.79 Å². The summed E-state index contributed by atoms with van der Waals surface area (Å²) in [5, 5.41) is 9.01. The lowest BCUT2D eigenvalue weighted by Crippen LogP contribution is -2.32. The Morgan fingerprint density at radius 1 is 1.32 bits per heavy atom. The monoisotopic (exact) mass is 294 g/mol. The van der Waals surface area contributed by atoms with E-state index in [1.54, 1.807) is 31.1 Å². The number of aryl methyl sites for hydroxylation is 2. The molecule has 3 heterocycles. The molecule has 2 aromatic heterocycles. The van der Waals surface area contributed by atoms with Gasteiger partial charge in [-0.15, -0.1) is 0 Å². The molecule has 6 nitrogen and oxygen atoms in total. The van der Waals surface area contributed by atoms with Crippen LogP contribution in [0.25, 0.3) is 11.1 Å². The van der Waals surface area contributed by atoms with E-state index in [0.29, 0.717) is 24.4 Å². The highest BCUT2D eigenvalue weighted by Gasteiger charge is 2.22. The van der Waals surface area contributed by atoms with Crippen molar-refractivity contribution in [2.75, 3.05) is 11.9 Å². The molecule has 0 spiro atoms. The highest BCUT2D eigenvalue weighted by Crippen LogP contribution is 2.29. The maximum Gasteiger partial charge on any atom is 0.266 e. The summed E-state index contributed by atoms with van der Waals surface area (Å²) in [6.45, 7) is 1.78. The molecule has 0 atom stereocenters. The first-order valence-electron chi connectivity index (χ1n) is 6.91. The molecule has 0 bridgehead atoms. The van der Waals surface area contributed by atoms with Crippen LogP contribution in [-0.2, 0) is 11.2 Å². The molecule has 0 aromatic carbocycles. The number of hydrogen-bond acceptors (Lipinski definition) is 4. The van der Waals surface area contributed by atoms with Gasteiger partial charge in [0, 0.05) is 36.5 Å². The van der Waals surface area contributed by atoms with Crippen LogP contribution in [0.15, 0.2) is 23.1 Å². The van der Waals surface area contributed by atoms with Gasteiger partial charge in [-0.2, -0.15) is 5.26 Å². The number of fused-ring (bicyclic) bond motifs is 1. The standard InChI is InChI=1S/C16H14N4O2/c1-9-13(6-11(7-17)16(22)19-9)12-5-10-3-4-14(21)20(2)15(10)18-8-12/h5-6,8H,3-4H2,1-2H3,(H,19,22). The van der Waals surface area contributed by atoms with Crippen molar-refractivity contribution in [3.8, 4) is 17.2 Å². The van der Waals surface area contributed by atoms with Crippen LogP contribution >= 0.6 is 0 Å². The number of anilines is 1. The van der Waals surface area contributed by atoms with Crippen molar-refractivity contribution in [3.63, 3.8) is 0 Å². The molecule has 22 heavy (non-hydrogen) atoms. The molecule has 6 heteroatoms. The predicted octanol–water partition coefficient (Wildman–Crippen LogP) is 1.53. The van der Waals surface area contributed by atoms with Crippen LogP contribution in [-0.4, -0.2) is 22.9 Å². The van der Waals surface area contributed by atoms with Crippen molar-refractivity contribution >= 4 is 11.7 Å². The Bertz CT molecular complexity index is 877. The summed E-state index contributed by atoms with van der Waals surface area (Å²) >= 11 is 0. The molecule has 1 amide bonds. The number of pyridine rings is 2. The lowest BCUT2D eigenvalue weighted by atomic mass is 9.99.